The standard InChI is InChI=1S/C43H45.2ClH.Zr/c1-28(30-17-11-9-12-18-30)39(29(2)31-19-13-10-14-20-31)38-27-36-35-24-23-34(42(3,4)5)25-33(35)26-37(36)40(32-21-15-16-22-32)41(38)43(6,7)8;;;/h9-21,23-25,27-29H,22H2,1-8H3;2*1H;/q;;;+2/p-2. The van der Waals surface area contributed by atoms with E-state index in [1.165, 1.54) is 94.1 Å². The van der Waals surface area contributed by atoms with Crippen LogP contribution in [-0.4, -0.2) is 0 Å². The molecule has 0 spiro atoms. The number of hydrogen-bond acceptors (Lipinski definition) is 0. The first-order chi connectivity index (χ1) is 20.9. The van der Waals surface area contributed by atoms with Crippen LogP contribution in [0.25, 0.3) is 25.6 Å². The predicted molar refractivity (Wildman–Crippen MR) is 186 cm³/mol. The van der Waals surface area contributed by atoms with Gasteiger partial charge in [-0.2, -0.15) is 0 Å². The average molecular weight is 724 g/mol. The summed E-state index contributed by atoms with van der Waals surface area (Å²) >= 11 is 1.48. The molecule has 2 aliphatic rings. The van der Waals surface area contributed by atoms with Crippen molar-refractivity contribution < 1.29 is 49.5 Å². The van der Waals surface area contributed by atoms with Gasteiger partial charge in [0, 0.05) is 0 Å². The Labute approximate surface area is 304 Å². The normalized spacial score (nSPS) is 14.9. The molecule has 46 heavy (non-hydrogen) atoms. The second kappa shape index (κ2) is 14.0. The van der Waals surface area contributed by atoms with Gasteiger partial charge in [-0.1, -0.05) is 0 Å². The molecule has 235 valence electrons. The Morgan fingerprint density at radius 3 is 1.72 bits per heavy atom. The molecule has 0 aliphatic heterocycles. The summed E-state index contributed by atoms with van der Waals surface area (Å²) in [6.45, 7) is 19.1. The SMILES string of the molecule is CC(C(=c1cc2c(c(C3=CC=CC3)c1C(C)(C)C)=[C]([Zr+2])c1cc(C(C)(C)C)ccc1-2)C(C)c1ccccc1)c1ccccc1.[Cl-].[Cl-]. The summed E-state index contributed by atoms with van der Waals surface area (Å²) in [4.78, 5) is 0. The monoisotopic (exact) mass is 721 g/mol. The van der Waals surface area contributed by atoms with Gasteiger partial charge < -0.3 is 24.8 Å². The molecule has 6 rings (SSSR count). The van der Waals surface area contributed by atoms with Gasteiger partial charge in [0.1, 0.15) is 0 Å². The first-order valence-electron chi connectivity index (χ1n) is 16.2. The predicted octanol–water partition coefficient (Wildman–Crippen LogP) is 4.07. The largest absolute Gasteiger partial charge is 1.00 e. The summed E-state index contributed by atoms with van der Waals surface area (Å²) in [6.07, 6.45) is 7.95. The van der Waals surface area contributed by atoms with E-state index in [1.54, 1.807) is 0 Å². The Bertz CT molecular complexity index is 1870. The fourth-order valence-corrected chi connectivity index (χ4v) is 8.53. The van der Waals surface area contributed by atoms with Gasteiger partial charge >= 0.3 is 282 Å². The van der Waals surface area contributed by atoms with Gasteiger partial charge in [-0.05, 0) is 0 Å². The summed E-state index contributed by atoms with van der Waals surface area (Å²) in [6, 6.07) is 32.1. The maximum Gasteiger partial charge on any atom is -1.00 e. The van der Waals surface area contributed by atoms with Crippen LogP contribution in [0.2, 0.25) is 0 Å². The molecule has 0 N–H and O–H groups in total. The zero-order valence-electron chi connectivity index (χ0n) is 28.4. The quantitative estimate of drug-likeness (QED) is 0.292. The van der Waals surface area contributed by atoms with Crippen LogP contribution in [0.5, 0.6) is 0 Å². The molecular weight excluding hydrogens is 679 g/mol. The average Bonchev–Trinajstić information content (AvgIpc) is 3.63. The molecular formula is C43H45Cl2Zr. The van der Waals surface area contributed by atoms with Crippen molar-refractivity contribution in [3.63, 3.8) is 0 Å². The van der Waals surface area contributed by atoms with Gasteiger partial charge in [-0.3, -0.25) is 0 Å². The molecule has 4 aromatic carbocycles. The Balaban J connectivity index is 0.00000240. The van der Waals surface area contributed by atoms with Crippen molar-refractivity contribution in [3.8, 4) is 11.1 Å². The van der Waals surface area contributed by atoms with Crippen LogP contribution >= 0.6 is 0 Å². The van der Waals surface area contributed by atoms with Gasteiger partial charge in [0.25, 0.3) is 0 Å². The zero-order chi connectivity index (χ0) is 31.4. The van der Waals surface area contributed by atoms with Gasteiger partial charge in [-0.25, -0.2) is 0 Å². The van der Waals surface area contributed by atoms with E-state index in [-0.39, 0.29) is 47.5 Å². The van der Waals surface area contributed by atoms with Crippen LogP contribution in [0, 0.1) is 0 Å². The molecule has 0 amide bonds. The third-order valence-electron chi connectivity index (χ3n) is 9.71. The van der Waals surface area contributed by atoms with Crippen molar-refractivity contribution in [2.24, 2.45) is 0 Å². The third-order valence-corrected chi connectivity index (χ3v) is 11.0. The Morgan fingerprint density at radius 2 is 1.24 bits per heavy atom. The van der Waals surface area contributed by atoms with E-state index in [2.05, 4.69) is 159 Å². The van der Waals surface area contributed by atoms with Gasteiger partial charge in [0.05, 0.1) is 0 Å². The minimum atomic E-state index is -0.0527. The van der Waals surface area contributed by atoms with Crippen molar-refractivity contribution in [2.45, 2.75) is 84.5 Å². The number of halogens is 2. The molecule has 0 bridgehead atoms. The van der Waals surface area contributed by atoms with E-state index in [0.29, 0.717) is 0 Å². The van der Waals surface area contributed by atoms with Crippen LogP contribution in [0.1, 0.15) is 107 Å². The smallest absolute Gasteiger partial charge is 1.00 e. The first-order valence-corrected chi connectivity index (χ1v) is 17.4. The summed E-state index contributed by atoms with van der Waals surface area (Å²) < 4.78 is 1.50. The molecule has 0 heterocycles. The Kier molecular flexibility index (Phi) is 11.0. The van der Waals surface area contributed by atoms with E-state index in [0.717, 1.165) is 6.42 Å². The molecule has 0 saturated carbocycles. The Hall–Kier alpha value is -2.44. The van der Waals surface area contributed by atoms with Gasteiger partial charge in [0.15, 0.2) is 0 Å². The molecule has 3 heteroatoms. The summed E-state index contributed by atoms with van der Waals surface area (Å²) in [5.41, 5.74) is 14.4. The molecule has 0 saturated heterocycles. The minimum Gasteiger partial charge on any atom is -1.00 e. The minimum absolute atomic E-state index is 0. The van der Waals surface area contributed by atoms with E-state index < -0.39 is 0 Å². The van der Waals surface area contributed by atoms with Crippen LogP contribution in [-0.2, 0) is 35.5 Å². The molecule has 2 aliphatic carbocycles. The fraction of sp³-hybridized carbons (Fsp3) is 0.302. The van der Waals surface area contributed by atoms with E-state index >= 15 is 0 Å². The van der Waals surface area contributed by atoms with Crippen LogP contribution in [0.3, 0.4) is 0 Å². The number of fused-ring (bicyclic) bond motifs is 3. The molecule has 0 aromatic heterocycles. The van der Waals surface area contributed by atoms with Crippen LogP contribution in [0.4, 0.5) is 0 Å². The van der Waals surface area contributed by atoms with Crippen molar-refractivity contribution in [2.75, 3.05) is 0 Å². The zero-order valence-corrected chi connectivity index (χ0v) is 32.4. The third kappa shape index (κ3) is 6.63. The molecule has 4 aromatic rings. The maximum atomic E-state index is 2.60. The second-order valence-electron chi connectivity index (χ2n) is 14.8. The number of benzene rings is 4. The molecule has 2 atom stereocenters. The summed E-state index contributed by atoms with van der Waals surface area (Å²) in [7, 11) is 0. The number of hydrogen-bond donors (Lipinski definition) is 0. The van der Waals surface area contributed by atoms with E-state index in [9.17, 15) is 0 Å². The maximum absolute atomic E-state index is 2.60. The topological polar surface area (TPSA) is 0 Å². The van der Waals surface area contributed by atoms with E-state index in [1.807, 2.05) is 0 Å². The van der Waals surface area contributed by atoms with Crippen molar-refractivity contribution >= 4 is 14.4 Å². The number of allylic oxidation sites excluding steroid dienone is 4. The van der Waals surface area contributed by atoms with Crippen LogP contribution in [0.15, 0.2) is 103 Å². The van der Waals surface area contributed by atoms with Crippen molar-refractivity contribution in [1.29, 1.82) is 0 Å². The molecule has 0 radical (unpaired) electrons. The first kappa shape index (κ1) is 36.4. The molecule has 0 fully saturated rings. The van der Waals surface area contributed by atoms with Crippen molar-refractivity contribution in [3.05, 3.63) is 147 Å². The van der Waals surface area contributed by atoms with Crippen LogP contribution < -0.4 is 35.3 Å². The molecule has 2 unspecified atom stereocenters. The van der Waals surface area contributed by atoms with Gasteiger partial charge in [-0.15, -0.1) is 0 Å². The Morgan fingerprint density at radius 1 is 0.674 bits per heavy atom. The molecule has 0 nitrogen and oxygen atoms in total. The second-order valence-corrected chi connectivity index (χ2v) is 16.0. The fourth-order valence-electron chi connectivity index (χ4n) is 7.39. The summed E-state index contributed by atoms with van der Waals surface area (Å²) in [5.74, 6) is 0.517. The summed E-state index contributed by atoms with van der Waals surface area (Å²) in [5, 5.41) is 2.91. The van der Waals surface area contributed by atoms with E-state index in [4.69, 9.17) is 0 Å². The van der Waals surface area contributed by atoms with Gasteiger partial charge in [0.2, 0.25) is 0 Å². The number of rotatable bonds is 5. The van der Waals surface area contributed by atoms with Crippen molar-refractivity contribution in [1.82, 2.24) is 0 Å².